The van der Waals surface area contributed by atoms with E-state index in [1.807, 2.05) is 0 Å². The van der Waals surface area contributed by atoms with Crippen LogP contribution in [0.25, 0.3) is 0 Å². The van der Waals surface area contributed by atoms with Gasteiger partial charge in [-0.15, -0.1) is 0 Å². The summed E-state index contributed by atoms with van der Waals surface area (Å²) in [6, 6.07) is 0. The molecule has 0 saturated heterocycles. The van der Waals surface area contributed by atoms with Crippen LogP contribution in [0.15, 0.2) is 24.3 Å². The Kier molecular flexibility index (Phi) is 10.3. The largest absolute Gasteiger partial charge is 0.330 e. The zero-order valence-electron chi connectivity index (χ0n) is 18.3. The number of allylic oxidation sites excluding steroid dienone is 2. The summed E-state index contributed by atoms with van der Waals surface area (Å²) in [7, 11) is 0. The van der Waals surface area contributed by atoms with Crippen molar-refractivity contribution in [3.05, 3.63) is 24.3 Å². The van der Waals surface area contributed by atoms with Crippen LogP contribution in [-0.4, -0.2) is 12.1 Å². The molecular weight excluding hydrogens is 304 g/mol. The van der Waals surface area contributed by atoms with Gasteiger partial charge in [0.15, 0.2) is 0 Å². The number of hydrogen-bond donors (Lipinski definition) is 2. The lowest BCUT2D eigenvalue weighted by Gasteiger charge is -2.43. The van der Waals surface area contributed by atoms with Crippen LogP contribution in [0.2, 0.25) is 0 Å². The summed E-state index contributed by atoms with van der Waals surface area (Å²) in [5.74, 6) is 1.71. The Morgan fingerprint density at radius 3 is 2.04 bits per heavy atom. The van der Waals surface area contributed by atoms with E-state index in [9.17, 15) is 0 Å². The minimum Gasteiger partial charge on any atom is -0.330 e. The van der Waals surface area contributed by atoms with Crippen LogP contribution in [0, 0.1) is 23.2 Å². The fraction of sp³-hybridized carbons (Fsp3) is 0.826. The van der Waals surface area contributed by atoms with Crippen LogP contribution in [0.1, 0.15) is 87.0 Å². The van der Waals surface area contributed by atoms with Gasteiger partial charge < -0.3 is 11.5 Å². The predicted octanol–water partition coefficient (Wildman–Crippen LogP) is 6.07. The first kappa shape index (κ1) is 24.4. The summed E-state index contributed by atoms with van der Waals surface area (Å²) >= 11 is 0. The van der Waals surface area contributed by atoms with Gasteiger partial charge in [0.1, 0.15) is 0 Å². The fourth-order valence-corrected chi connectivity index (χ4v) is 3.45. The van der Waals surface area contributed by atoms with Crippen molar-refractivity contribution >= 4 is 0 Å². The van der Waals surface area contributed by atoms with Crippen LogP contribution < -0.4 is 11.5 Å². The summed E-state index contributed by atoms with van der Waals surface area (Å²) in [6.45, 7) is 24.9. The molecule has 0 aliphatic heterocycles. The van der Waals surface area contributed by atoms with Crippen LogP contribution in [0.5, 0.6) is 0 Å². The molecule has 4 atom stereocenters. The van der Waals surface area contributed by atoms with Crippen LogP contribution in [0.3, 0.4) is 0 Å². The van der Waals surface area contributed by atoms with Gasteiger partial charge in [0.05, 0.1) is 0 Å². The maximum Gasteiger partial charge on any atom is 0.0195 e. The highest BCUT2D eigenvalue weighted by molar-refractivity contribution is 5.09. The Hall–Kier alpha value is -0.600. The highest BCUT2D eigenvalue weighted by atomic mass is 14.8. The molecule has 0 aromatic heterocycles. The first-order valence-electron chi connectivity index (χ1n) is 10.3. The van der Waals surface area contributed by atoms with Crippen molar-refractivity contribution in [3.8, 4) is 0 Å². The molecule has 4 N–H and O–H groups in total. The maximum absolute atomic E-state index is 6.64. The monoisotopic (exact) mass is 350 g/mol. The van der Waals surface area contributed by atoms with Gasteiger partial charge in [0, 0.05) is 5.54 Å². The van der Waals surface area contributed by atoms with Gasteiger partial charge in [0.2, 0.25) is 0 Å². The lowest BCUT2D eigenvalue weighted by molar-refractivity contribution is 0.162. The van der Waals surface area contributed by atoms with Crippen LogP contribution >= 0.6 is 0 Å². The summed E-state index contributed by atoms with van der Waals surface area (Å²) < 4.78 is 0. The maximum atomic E-state index is 6.64. The molecule has 0 radical (unpaired) electrons. The van der Waals surface area contributed by atoms with Gasteiger partial charge in [-0.05, 0) is 68.7 Å². The van der Waals surface area contributed by atoms with Crippen molar-refractivity contribution in [1.29, 1.82) is 0 Å². The molecule has 25 heavy (non-hydrogen) atoms. The van der Waals surface area contributed by atoms with Crippen LogP contribution in [0.4, 0.5) is 0 Å². The average molecular weight is 351 g/mol. The Bertz CT molecular complexity index is 420. The Morgan fingerprint density at radius 2 is 1.60 bits per heavy atom. The lowest BCUT2D eigenvalue weighted by Crippen LogP contribution is -2.54. The molecule has 4 unspecified atom stereocenters. The number of rotatable bonds is 13. The second-order valence-electron chi connectivity index (χ2n) is 9.30. The highest BCUT2D eigenvalue weighted by Gasteiger charge is 2.38. The van der Waals surface area contributed by atoms with Crippen molar-refractivity contribution in [2.75, 3.05) is 6.54 Å². The number of nitrogens with two attached hydrogens (primary N) is 2. The van der Waals surface area contributed by atoms with E-state index in [1.54, 1.807) is 0 Å². The van der Waals surface area contributed by atoms with Crippen molar-refractivity contribution in [2.45, 2.75) is 92.5 Å². The van der Waals surface area contributed by atoms with Gasteiger partial charge in [-0.2, -0.15) is 0 Å². The minimum atomic E-state index is -0.289. The van der Waals surface area contributed by atoms with Crippen molar-refractivity contribution in [1.82, 2.24) is 0 Å². The van der Waals surface area contributed by atoms with E-state index in [4.69, 9.17) is 11.5 Å². The molecule has 2 heteroatoms. The van der Waals surface area contributed by atoms with Crippen molar-refractivity contribution in [3.63, 3.8) is 0 Å². The Morgan fingerprint density at radius 1 is 1.04 bits per heavy atom. The molecule has 0 aromatic rings. The lowest BCUT2D eigenvalue weighted by atomic mass is 9.68. The number of hydrogen-bond acceptors (Lipinski definition) is 2. The Labute approximate surface area is 158 Å². The van der Waals surface area contributed by atoms with Gasteiger partial charge in [-0.3, -0.25) is 0 Å². The van der Waals surface area contributed by atoms with E-state index in [0.717, 1.165) is 38.0 Å². The third-order valence-electron chi connectivity index (χ3n) is 6.62. The van der Waals surface area contributed by atoms with E-state index < -0.39 is 0 Å². The molecule has 2 nitrogen and oxygen atoms in total. The molecule has 0 aromatic carbocycles. The van der Waals surface area contributed by atoms with Crippen molar-refractivity contribution in [2.24, 2.45) is 34.6 Å². The fourth-order valence-electron chi connectivity index (χ4n) is 3.45. The smallest absolute Gasteiger partial charge is 0.0195 e. The molecule has 0 saturated carbocycles. The summed E-state index contributed by atoms with van der Waals surface area (Å²) in [5.41, 5.74) is 15.0. The molecule has 148 valence electrons. The van der Waals surface area contributed by atoms with Crippen molar-refractivity contribution < 1.29 is 0 Å². The topological polar surface area (TPSA) is 52.0 Å². The predicted molar refractivity (Wildman–Crippen MR) is 115 cm³/mol. The molecule has 0 amide bonds. The zero-order chi connectivity index (χ0) is 19.8. The summed E-state index contributed by atoms with van der Waals surface area (Å²) in [4.78, 5) is 0. The molecule has 0 spiro atoms. The van der Waals surface area contributed by atoms with Gasteiger partial charge in [0.25, 0.3) is 0 Å². The molecule has 0 aliphatic carbocycles. The second kappa shape index (κ2) is 10.5. The molecule has 0 fully saturated rings. The molecule has 0 bridgehead atoms. The first-order valence-corrected chi connectivity index (χ1v) is 10.3. The van der Waals surface area contributed by atoms with Gasteiger partial charge in [-0.1, -0.05) is 72.3 Å². The Balaban J connectivity index is 4.74. The second-order valence-corrected chi connectivity index (χ2v) is 9.30. The van der Waals surface area contributed by atoms with E-state index in [2.05, 4.69) is 61.6 Å². The third-order valence-corrected chi connectivity index (χ3v) is 6.62. The van der Waals surface area contributed by atoms with E-state index in [-0.39, 0.29) is 11.0 Å². The van der Waals surface area contributed by atoms with Crippen LogP contribution in [-0.2, 0) is 0 Å². The molecule has 0 rings (SSSR count). The van der Waals surface area contributed by atoms with E-state index in [1.165, 1.54) is 17.6 Å². The highest BCUT2D eigenvalue weighted by Crippen LogP contribution is 2.37. The van der Waals surface area contributed by atoms with Gasteiger partial charge >= 0.3 is 0 Å². The minimum absolute atomic E-state index is 0.0756. The standard InChI is InChI=1S/C23H46N2/c1-10-17(3)14-18(4)12-13-21(11-2)20(6)19(5)15-23(9,25)22(7,8)16-24/h17,19,21H,4,6,10-16,24-25H2,1-3,5,7-9H3. The zero-order valence-corrected chi connectivity index (χ0v) is 18.3. The summed E-state index contributed by atoms with van der Waals surface area (Å²) in [6.07, 6.45) is 6.73. The normalized spacial score (nSPS) is 18.3. The van der Waals surface area contributed by atoms with E-state index >= 15 is 0 Å². The quantitative estimate of drug-likeness (QED) is 0.396. The summed E-state index contributed by atoms with van der Waals surface area (Å²) in [5, 5.41) is 0. The van der Waals surface area contributed by atoms with E-state index in [0.29, 0.717) is 18.4 Å². The molecular formula is C23H46N2. The molecule has 0 heterocycles. The SMILES string of the molecule is C=C(CCC(CC)C(=C)C(C)CC(C)(N)C(C)(C)CN)CC(C)CC. The molecule has 0 aliphatic rings. The first-order chi connectivity index (χ1) is 11.4. The van der Waals surface area contributed by atoms with Gasteiger partial charge in [-0.25, -0.2) is 0 Å². The average Bonchev–Trinajstić information content (AvgIpc) is 2.54. The third kappa shape index (κ3) is 7.66.